The zero-order valence-electron chi connectivity index (χ0n) is 13.5. The molecule has 0 amide bonds. The number of hydrogen-bond donors (Lipinski definition) is 1. The Labute approximate surface area is 160 Å². The average Bonchev–Trinajstić information content (AvgIpc) is 2.98. The molecule has 3 rings (SSSR count). The molecule has 0 fully saturated rings. The van der Waals surface area contributed by atoms with Gasteiger partial charge in [-0.15, -0.1) is 11.3 Å². The molecule has 0 spiro atoms. The van der Waals surface area contributed by atoms with Crippen LogP contribution in [0.1, 0.15) is 12.5 Å². The number of thioether (sulfide) groups is 1. The number of benzene rings is 2. The molecule has 8 heteroatoms. The fraction of sp³-hybridized carbons (Fsp3) is 0.235. The van der Waals surface area contributed by atoms with Crippen LogP contribution in [0.2, 0.25) is 5.02 Å². The molecule has 1 N–H and O–H groups in total. The summed E-state index contributed by atoms with van der Waals surface area (Å²) in [6.07, 6.45) is 0.541. The van der Waals surface area contributed by atoms with E-state index in [4.69, 9.17) is 11.6 Å². The Morgan fingerprint density at radius 3 is 2.80 bits per heavy atom. The molecule has 0 radical (unpaired) electrons. The van der Waals surface area contributed by atoms with Crippen molar-refractivity contribution in [3.8, 4) is 0 Å². The van der Waals surface area contributed by atoms with E-state index in [0.29, 0.717) is 18.0 Å². The van der Waals surface area contributed by atoms with E-state index >= 15 is 0 Å². The molecule has 0 saturated carbocycles. The third-order valence-electron chi connectivity index (χ3n) is 3.56. The molecule has 2 aromatic carbocycles. The van der Waals surface area contributed by atoms with Gasteiger partial charge in [0.05, 0.1) is 15.1 Å². The molecular formula is C17H17ClN2O2S3. The standard InChI is InChI=1S/C17H17ClN2O2S3/c1-2-23-17-20-15-8-7-13(11-16(15)24-17)25(21,22)19-10-9-12-5-3-4-6-14(12)18/h3-8,11,19H,2,9-10H2,1H3. The van der Waals surface area contributed by atoms with E-state index in [1.165, 1.54) is 11.3 Å². The third-order valence-corrected chi connectivity index (χ3v) is 7.43. The van der Waals surface area contributed by atoms with Crippen molar-refractivity contribution in [1.82, 2.24) is 9.71 Å². The van der Waals surface area contributed by atoms with Crippen LogP contribution in [-0.4, -0.2) is 25.7 Å². The number of sulfonamides is 1. The molecule has 0 aliphatic carbocycles. The maximum Gasteiger partial charge on any atom is 0.240 e. The lowest BCUT2D eigenvalue weighted by Crippen LogP contribution is -2.26. The monoisotopic (exact) mass is 412 g/mol. The highest BCUT2D eigenvalue weighted by molar-refractivity contribution is 8.01. The summed E-state index contributed by atoms with van der Waals surface area (Å²) in [6.45, 7) is 2.36. The van der Waals surface area contributed by atoms with Crippen LogP contribution in [0.3, 0.4) is 0 Å². The summed E-state index contributed by atoms with van der Waals surface area (Å²) in [7, 11) is -3.56. The van der Waals surface area contributed by atoms with Crippen LogP contribution in [-0.2, 0) is 16.4 Å². The van der Waals surface area contributed by atoms with Gasteiger partial charge in [-0.25, -0.2) is 18.1 Å². The topological polar surface area (TPSA) is 59.1 Å². The van der Waals surface area contributed by atoms with Gasteiger partial charge in [-0.05, 0) is 42.0 Å². The molecule has 0 unspecified atom stereocenters. The predicted octanol–water partition coefficient (Wildman–Crippen LogP) is 4.58. The summed E-state index contributed by atoms with van der Waals surface area (Å²) in [6, 6.07) is 12.5. The molecule has 0 saturated heterocycles. The molecule has 25 heavy (non-hydrogen) atoms. The number of aromatic nitrogens is 1. The van der Waals surface area contributed by atoms with Gasteiger partial charge in [-0.1, -0.05) is 48.5 Å². The van der Waals surface area contributed by atoms with Gasteiger partial charge < -0.3 is 0 Å². The van der Waals surface area contributed by atoms with Crippen molar-refractivity contribution in [3.05, 3.63) is 53.1 Å². The number of fused-ring (bicyclic) bond motifs is 1. The molecule has 0 aliphatic rings. The van der Waals surface area contributed by atoms with Gasteiger partial charge in [0, 0.05) is 11.6 Å². The van der Waals surface area contributed by atoms with Gasteiger partial charge in [0.25, 0.3) is 0 Å². The van der Waals surface area contributed by atoms with Crippen LogP contribution in [0.25, 0.3) is 10.2 Å². The third kappa shape index (κ3) is 4.54. The lowest BCUT2D eigenvalue weighted by Gasteiger charge is -2.08. The maximum atomic E-state index is 12.5. The van der Waals surface area contributed by atoms with Gasteiger partial charge >= 0.3 is 0 Å². The normalized spacial score (nSPS) is 11.9. The van der Waals surface area contributed by atoms with Crippen LogP contribution in [0, 0.1) is 0 Å². The molecule has 3 aromatic rings. The minimum Gasteiger partial charge on any atom is -0.230 e. The van der Waals surface area contributed by atoms with Crippen molar-refractivity contribution >= 4 is 54.9 Å². The highest BCUT2D eigenvalue weighted by Gasteiger charge is 2.15. The number of nitrogens with zero attached hydrogens (tertiary/aromatic N) is 1. The highest BCUT2D eigenvalue weighted by atomic mass is 35.5. The zero-order valence-corrected chi connectivity index (χ0v) is 16.7. The lowest BCUT2D eigenvalue weighted by molar-refractivity contribution is 0.582. The van der Waals surface area contributed by atoms with Gasteiger partial charge in [0.15, 0.2) is 4.34 Å². The first-order chi connectivity index (χ1) is 12.0. The number of thiazole rings is 1. The van der Waals surface area contributed by atoms with Gasteiger partial charge in [0.1, 0.15) is 0 Å². The quantitative estimate of drug-likeness (QED) is 0.577. The first-order valence-corrected chi connectivity index (χ1v) is 11.4. The Morgan fingerprint density at radius 2 is 2.04 bits per heavy atom. The van der Waals surface area contributed by atoms with Gasteiger partial charge in [0.2, 0.25) is 10.0 Å². The smallest absolute Gasteiger partial charge is 0.230 e. The minimum atomic E-state index is -3.56. The van der Waals surface area contributed by atoms with E-state index in [1.54, 1.807) is 36.0 Å². The van der Waals surface area contributed by atoms with E-state index in [9.17, 15) is 8.42 Å². The van der Waals surface area contributed by atoms with Crippen LogP contribution >= 0.6 is 34.7 Å². The van der Waals surface area contributed by atoms with Crippen molar-refractivity contribution < 1.29 is 8.42 Å². The van der Waals surface area contributed by atoms with E-state index in [0.717, 1.165) is 25.9 Å². The van der Waals surface area contributed by atoms with Crippen LogP contribution in [0.15, 0.2) is 51.7 Å². The van der Waals surface area contributed by atoms with Crippen molar-refractivity contribution in [2.45, 2.75) is 22.6 Å². The second-order valence-corrected chi connectivity index (χ2v) is 10.00. The largest absolute Gasteiger partial charge is 0.240 e. The number of hydrogen-bond acceptors (Lipinski definition) is 5. The molecule has 0 atom stereocenters. The first kappa shape index (κ1) is 18.7. The van der Waals surface area contributed by atoms with E-state index < -0.39 is 10.0 Å². The molecule has 1 aromatic heterocycles. The summed E-state index contributed by atoms with van der Waals surface area (Å²) in [4.78, 5) is 4.75. The molecule has 0 aliphatic heterocycles. The van der Waals surface area contributed by atoms with E-state index in [1.807, 2.05) is 18.2 Å². The molecule has 1 heterocycles. The number of nitrogens with one attached hydrogen (secondary N) is 1. The number of halogens is 1. The SMILES string of the molecule is CCSc1nc2ccc(S(=O)(=O)NCCc3ccccc3Cl)cc2s1. The Kier molecular flexibility index (Phi) is 6.01. The molecule has 132 valence electrons. The summed E-state index contributed by atoms with van der Waals surface area (Å²) >= 11 is 9.27. The van der Waals surface area contributed by atoms with Gasteiger partial charge in [-0.2, -0.15) is 0 Å². The minimum absolute atomic E-state index is 0.260. The summed E-state index contributed by atoms with van der Waals surface area (Å²) in [5.74, 6) is 0.939. The highest BCUT2D eigenvalue weighted by Crippen LogP contribution is 2.30. The Morgan fingerprint density at radius 1 is 1.24 bits per heavy atom. The average molecular weight is 413 g/mol. The Balaban J connectivity index is 1.73. The zero-order chi connectivity index (χ0) is 17.9. The second kappa shape index (κ2) is 8.05. The fourth-order valence-corrected chi connectivity index (χ4v) is 5.71. The van der Waals surface area contributed by atoms with Crippen molar-refractivity contribution in [1.29, 1.82) is 0 Å². The first-order valence-electron chi connectivity index (χ1n) is 7.76. The van der Waals surface area contributed by atoms with Crippen molar-refractivity contribution in [3.63, 3.8) is 0 Å². The Hall–Kier alpha value is -1.12. The van der Waals surface area contributed by atoms with E-state index in [2.05, 4.69) is 16.6 Å². The molecular weight excluding hydrogens is 396 g/mol. The molecule has 4 nitrogen and oxygen atoms in total. The summed E-state index contributed by atoms with van der Waals surface area (Å²) in [5, 5.41) is 0.647. The predicted molar refractivity (Wildman–Crippen MR) is 106 cm³/mol. The van der Waals surface area contributed by atoms with Gasteiger partial charge in [-0.3, -0.25) is 0 Å². The van der Waals surface area contributed by atoms with E-state index in [-0.39, 0.29) is 4.90 Å². The second-order valence-electron chi connectivity index (χ2n) is 5.28. The Bertz CT molecular complexity index is 986. The number of rotatable bonds is 7. The van der Waals surface area contributed by atoms with Crippen molar-refractivity contribution in [2.24, 2.45) is 0 Å². The summed E-state index contributed by atoms with van der Waals surface area (Å²) in [5.41, 5.74) is 1.75. The fourth-order valence-electron chi connectivity index (χ4n) is 2.34. The summed E-state index contributed by atoms with van der Waals surface area (Å²) < 4.78 is 29.5. The maximum absolute atomic E-state index is 12.5. The molecule has 0 bridgehead atoms. The lowest BCUT2D eigenvalue weighted by atomic mass is 10.1. The van der Waals surface area contributed by atoms with Crippen LogP contribution in [0.4, 0.5) is 0 Å². The van der Waals surface area contributed by atoms with Crippen molar-refractivity contribution in [2.75, 3.05) is 12.3 Å². The van der Waals surface area contributed by atoms with Crippen LogP contribution in [0.5, 0.6) is 0 Å². The van der Waals surface area contributed by atoms with Crippen LogP contribution < -0.4 is 4.72 Å².